The molecule has 33 heavy (non-hydrogen) atoms. The van der Waals surface area contributed by atoms with Crippen LogP contribution in [0.3, 0.4) is 0 Å². The number of aliphatic hydroxyl groups excluding tert-OH is 1. The van der Waals surface area contributed by atoms with Crippen molar-refractivity contribution in [3.63, 3.8) is 0 Å². The highest BCUT2D eigenvalue weighted by Gasteiger charge is 2.48. The lowest BCUT2D eigenvalue weighted by Crippen LogP contribution is -2.30. The van der Waals surface area contributed by atoms with Gasteiger partial charge in [0.15, 0.2) is 0 Å². The van der Waals surface area contributed by atoms with Crippen LogP contribution in [0.5, 0.6) is 0 Å². The SMILES string of the molecule is Cc1cc(/C(O)=C2\C(=O)C(=O)N(c3nc4ccccc4[nH]3)C2c2ccc(F)cc2)ccc1Br. The molecule has 0 radical (unpaired) electrons. The third-order valence-corrected chi connectivity index (χ3v) is 6.56. The number of ketones is 1. The minimum atomic E-state index is -0.991. The summed E-state index contributed by atoms with van der Waals surface area (Å²) < 4.78 is 14.5. The number of nitrogens with one attached hydrogen (secondary N) is 1. The number of hydrogen-bond donors (Lipinski definition) is 2. The van der Waals surface area contributed by atoms with E-state index in [1.807, 2.05) is 19.1 Å². The summed E-state index contributed by atoms with van der Waals surface area (Å²) in [6.07, 6.45) is 0. The van der Waals surface area contributed by atoms with Crippen LogP contribution in [0.1, 0.15) is 22.7 Å². The van der Waals surface area contributed by atoms with Crippen molar-refractivity contribution in [2.45, 2.75) is 13.0 Å². The van der Waals surface area contributed by atoms with Crippen LogP contribution in [0, 0.1) is 12.7 Å². The Hall–Kier alpha value is -3.78. The fourth-order valence-electron chi connectivity index (χ4n) is 4.01. The Balaban J connectivity index is 1.74. The minimum absolute atomic E-state index is 0.0891. The Morgan fingerprint density at radius 2 is 1.82 bits per heavy atom. The van der Waals surface area contributed by atoms with Gasteiger partial charge in [0.05, 0.1) is 22.6 Å². The number of carbonyl (C=O) groups is 2. The van der Waals surface area contributed by atoms with Gasteiger partial charge in [-0.2, -0.15) is 0 Å². The molecular weight excluding hydrogens is 489 g/mol. The normalized spacial score (nSPS) is 17.8. The molecule has 2 N–H and O–H groups in total. The maximum atomic E-state index is 13.7. The van der Waals surface area contributed by atoms with Crippen LogP contribution >= 0.6 is 15.9 Å². The van der Waals surface area contributed by atoms with Gasteiger partial charge in [-0.15, -0.1) is 0 Å². The first-order chi connectivity index (χ1) is 15.8. The number of para-hydroxylation sites is 2. The summed E-state index contributed by atoms with van der Waals surface area (Å²) in [6, 6.07) is 16.8. The largest absolute Gasteiger partial charge is 0.507 e. The number of H-pyrrole nitrogens is 1. The first kappa shape index (κ1) is 21.1. The fourth-order valence-corrected chi connectivity index (χ4v) is 4.26. The van der Waals surface area contributed by atoms with Gasteiger partial charge in [0.25, 0.3) is 5.78 Å². The first-order valence-electron chi connectivity index (χ1n) is 10.1. The second kappa shape index (κ2) is 7.97. The molecule has 0 saturated carbocycles. The van der Waals surface area contributed by atoms with Crippen molar-refractivity contribution < 1.29 is 19.1 Å². The number of aromatic amines is 1. The molecule has 5 rings (SSSR count). The molecular formula is C25H17BrFN3O3. The van der Waals surface area contributed by atoms with Crippen LogP contribution < -0.4 is 4.90 Å². The number of benzene rings is 3. The second-order valence-corrected chi connectivity index (χ2v) is 8.62. The van der Waals surface area contributed by atoms with Crippen LogP contribution in [0.25, 0.3) is 16.8 Å². The average molecular weight is 506 g/mol. The molecule has 0 aliphatic carbocycles. The standard InChI is InChI=1S/C25H17BrFN3O3/c1-13-12-15(8-11-17(13)26)22(31)20-21(14-6-9-16(27)10-7-14)30(24(33)23(20)32)25-28-18-4-2-3-5-19(18)29-25/h2-12,21,31H,1H3,(H,28,29)/b22-20+. The lowest BCUT2D eigenvalue weighted by atomic mass is 9.95. The molecule has 1 fully saturated rings. The molecule has 2 heterocycles. The summed E-state index contributed by atoms with van der Waals surface area (Å²) in [5, 5.41) is 11.2. The molecule has 1 saturated heterocycles. The Morgan fingerprint density at radius 1 is 1.09 bits per heavy atom. The number of aromatic nitrogens is 2. The van der Waals surface area contributed by atoms with E-state index >= 15 is 0 Å². The van der Waals surface area contributed by atoms with E-state index in [2.05, 4.69) is 25.9 Å². The van der Waals surface area contributed by atoms with E-state index in [4.69, 9.17) is 0 Å². The van der Waals surface area contributed by atoms with Crippen LogP contribution in [-0.2, 0) is 9.59 Å². The molecule has 6 nitrogen and oxygen atoms in total. The molecule has 1 aliphatic rings. The maximum Gasteiger partial charge on any atom is 0.302 e. The molecule has 0 bridgehead atoms. The molecule has 0 spiro atoms. The summed E-state index contributed by atoms with van der Waals surface area (Å²) >= 11 is 3.42. The summed E-state index contributed by atoms with van der Waals surface area (Å²) in [5.74, 6) is -2.28. The number of halogens is 2. The molecule has 1 unspecified atom stereocenters. The number of aryl methyl sites for hydroxylation is 1. The zero-order chi connectivity index (χ0) is 23.3. The number of amides is 1. The molecule has 1 aliphatic heterocycles. The molecule has 4 aromatic rings. The van der Waals surface area contributed by atoms with Gasteiger partial charge in [-0.3, -0.25) is 14.5 Å². The Bertz CT molecular complexity index is 1430. The maximum absolute atomic E-state index is 13.7. The van der Waals surface area contributed by atoms with Crippen LogP contribution in [0.15, 0.2) is 76.8 Å². The zero-order valence-corrected chi connectivity index (χ0v) is 18.9. The lowest BCUT2D eigenvalue weighted by Gasteiger charge is -2.23. The quantitative estimate of drug-likeness (QED) is 0.221. The zero-order valence-electron chi connectivity index (χ0n) is 17.3. The van der Waals surface area contributed by atoms with Crippen molar-refractivity contribution in [2.75, 3.05) is 4.90 Å². The van der Waals surface area contributed by atoms with Crippen molar-refractivity contribution in [3.8, 4) is 0 Å². The number of rotatable bonds is 3. The Labute approximate surface area is 196 Å². The van der Waals surface area contributed by atoms with Crippen LogP contribution in [0.2, 0.25) is 0 Å². The van der Waals surface area contributed by atoms with E-state index in [0.717, 1.165) is 10.0 Å². The molecule has 1 aromatic heterocycles. The Morgan fingerprint density at radius 3 is 2.52 bits per heavy atom. The van der Waals surface area contributed by atoms with Crippen molar-refractivity contribution in [1.82, 2.24) is 9.97 Å². The number of imidazole rings is 1. The summed E-state index contributed by atoms with van der Waals surface area (Å²) in [7, 11) is 0. The number of Topliss-reactive ketones (excluding diaryl/α,β-unsaturated/α-hetero) is 1. The van der Waals surface area contributed by atoms with Gasteiger partial charge in [0.2, 0.25) is 5.95 Å². The number of hydrogen-bond acceptors (Lipinski definition) is 4. The third kappa shape index (κ3) is 3.52. The smallest absolute Gasteiger partial charge is 0.302 e. The first-order valence-corrected chi connectivity index (χ1v) is 10.9. The summed E-state index contributed by atoms with van der Waals surface area (Å²) in [5.41, 5.74) is 2.93. The topological polar surface area (TPSA) is 86.3 Å². The highest BCUT2D eigenvalue weighted by atomic mass is 79.9. The van der Waals surface area contributed by atoms with Gasteiger partial charge < -0.3 is 10.1 Å². The minimum Gasteiger partial charge on any atom is -0.507 e. The highest BCUT2D eigenvalue weighted by molar-refractivity contribution is 9.10. The van der Waals surface area contributed by atoms with E-state index in [0.29, 0.717) is 22.2 Å². The van der Waals surface area contributed by atoms with Gasteiger partial charge in [-0.25, -0.2) is 9.37 Å². The van der Waals surface area contributed by atoms with Crippen molar-refractivity contribution >= 4 is 50.4 Å². The average Bonchev–Trinajstić information content (AvgIpc) is 3.34. The van der Waals surface area contributed by atoms with E-state index in [-0.39, 0.29) is 17.3 Å². The van der Waals surface area contributed by atoms with E-state index in [9.17, 15) is 19.1 Å². The van der Waals surface area contributed by atoms with E-state index < -0.39 is 23.5 Å². The summed E-state index contributed by atoms with van der Waals surface area (Å²) in [6.45, 7) is 1.85. The second-order valence-electron chi connectivity index (χ2n) is 7.76. The van der Waals surface area contributed by atoms with Crippen LogP contribution in [-0.4, -0.2) is 26.8 Å². The predicted octanol–water partition coefficient (Wildman–Crippen LogP) is 5.40. The van der Waals surface area contributed by atoms with Gasteiger partial charge in [0.1, 0.15) is 11.6 Å². The van der Waals surface area contributed by atoms with Crippen molar-refractivity contribution in [3.05, 3.63) is 99.3 Å². The number of aliphatic hydroxyl groups is 1. The molecule has 1 amide bonds. The fraction of sp³-hybridized carbons (Fsp3) is 0.0800. The molecule has 164 valence electrons. The van der Waals surface area contributed by atoms with E-state index in [1.165, 1.54) is 29.2 Å². The number of fused-ring (bicyclic) bond motifs is 1. The lowest BCUT2D eigenvalue weighted by molar-refractivity contribution is -0.132. The predicted molar refractivity (Wildman–Crippen MR) is 126 cm³/mol. The number of carbonyl (C=O) groups excluding carboxylic acids is 2. The van der Waals surface area contributed by atoms with Gasteiger partial charge in [-0.1, -0.05) is 46.3 Å². The van der Waals surface area contributed by atoms with Gasteiger partial charge in [0, 0.05) is 10.0 Å². The van der Waals surface area contributed by atoms with Gasteiger partial charge >= 0.3 is 5.91 Å². The monoisotopic (exact) mass is 505 g/mol. The van der Waals surface area contributed by atoms with Crippen LogP contribution in [0.4, 0.5) is 10.3 Å². The highest BCUT2D eigenvalue weighted by Crippen LogP contribution is 2.42. The number of nitrogens with zero attached hydrogens (tertiary/aromatic N) is 2. The number of anilines is 1. The molecule has 3 aromatic carbocycles. The van der Waals surface area contributed by atoms with E-state index in [1.54, 1.807) is 30.3 Å². The molecule has 8 heteroatoms. The molecule has 1 atom stereocenters. The van der Waals surface area contributed by atoms with Crippen molar-refractivity contribution in [1.29, 1.82) is 0 Å². The van der Waals surface area contributed by atoms with Crippen molar-refractivity contribution in [2.24, 2.45) is 0 Å². The third-order valence-electron chi connectivity index (χ3n) is 5.67. The van der Waals surface area contributed by atoms with Gasteiger partial charge in [-0.05, 0) is 54.4 Å². The summed E-state index contributed by atoms with van der Waals surface area (Å²) in [4.78, 5) is 35.1. The Kier molecular flexibility index (Phi) is 5.09.